The second-order valence-corrected chi connectivity index (χ2v) is 4.74. The molecular formula is C11H22N2O3. The predicted molar refractivity (Wildman–Crippen MR) is 60.8 cm³/mol. The molecule has 5 nitrogen and oxygen atoms in total. The van der Waals surface area contributed by atoms with Gasteiger partial charge < -0.3 is 20.9 Å². The summed E-state index contributed by atoms with van der Waals surface area (Å²) in [6, 6.07) is 0. The fourth-order valence-corrected chi connectivity index (χ4v) is 1.83. The van der Waals surface area contributed by atoms with Gasteiger partial charge in [-0.15, -0.1) is 0 Å². The molecule has 3 unspecified atom stereocenters. The second kappa shape index (κ2) is 5.61. The van der Waals surface area contributed by atoms with Crippen molar-refractivity contribution in [3.8, 4) is 0 Å². The monoisotopic (exact) mass is 230 g/mol. The van der Waals surface area contributed by atoms with E-state index < -0.39 is 11.4 Å². The average Bonchev–Trinajstić information content (AvgIpc) is 2.26. The predicted octanol–water partition coefficient (Wildman–Crippen LogP) is 0.163. The summed E-state index contributed by atoms with van der Waals surface area (Å²) in [6.07, 6.45) is 4.41. The van der Waals surface area contributed by atoms with Crippen molar-refractivity contribution in [3.63, 3.8) is 0 Å². The fourth-order valence-electron chi connectivity index (χ4n) is 1.83. The van der Waals surface area contributed by atoms with E-state index in [1.807, 2.05) is 0 Å². The molecule has 1 amide bonds. The van der Waals surface area contributed by atoms with E-state index in [9.17, 15) is 4.79 Å². The number of hydrogen-bond donors (Lipinski definition) is 2. The van der Waals surface area contributed by atoms with Gasteiger partial charge in [-0.2, -0.15) is 0 Å². The Labute approximate surface area is 96.5 Å². The molecule has 0 bridgehead atoms. The van der Waals surface area contributed by atoms with Gasteiger partial charge in [0.2, 0.25) is 5.91 Å². The van der Waals surface area contributed by atoms with Crippen molar-refractivity contribution in [1.82, 2.24) is 0 Å². The van der Waals surface area contributed by atoms with Gasteiger partial charge in [0.25, 0.3) is 0 Å². The molecule has 0 radical (unpaired) electrons. The highest BCUT2D eigenvalue weighted by atomic mass is 16.5. The lowest BCUT2D eigenvalue weighted by Crippen LogP contribution is -2.53. The Kier molecular flexibility index (Phi) is 4.70. The van der Waals surface area contributed by atoms with Gasteiger partial charge in [-0.25, -0.2) is 0 Å². The minimum absolute atomic E-state index is 0.126. The molecule has 1 aliphatic rings. The van der Waals surface area contributed by atoms with Crippen LogP contribution >= 0.6 is 0 Å². The van der Waals surface area contributed by atoms with Crippen LogP contribution in [0.3, 0.4) is 0 Å². The van der Waals surface area contributed by atoms with Crippen LogP contribution < -0.4 is 11.5 Å². The lowest BCUT2D eigenvalue weighted by molar-refractivity contribution is -0.126. The number of carbonyl (C=O) groups excluding carboxylic acids is 1. The summed E-state index contributed by atoms with van der Waals surface area (Å²) >= 11 is 0. The Morgan fingerprint density at radius 3 is 2.62 bits per heavy atom. The lowest BCUT2D eigenvalue weighted by atomic mass is 9.94. The Hall–Kier alpha value is -0.650. The van der Waals surface area contributed by atoms with E-state index in [1.165, 1.54) is 0 Å². The van der Waals surface area contributed by atoms with E-state index >= 15 is 0 Å². The molecule has 3 atom stereocenters. The maximum atomic E-state index is 11.0. The van der Waals surface area contributed by atoms with Crippen LogP contribution in [0.5, 0.6) is 0 Å². The van der Waals surface area contributed by atoms with Gasteiger partial charge in [0, 0.05) is 7.11 Å². The zero-order chi connectivity index (χ0) is 12.2. The molecule has 0 saturated heterocycles. The number of nitrogens with two attached hydrogens (primary N) is 2. The molecule has 1 saturated carbocycles. The number of amides is 1. The molecule has 4 N–H and O–H groups in total. The van der Waals surface area contributed by atoms with Crippen LogP contribution in [0, 0.1) is 0 Å². The van der Waals surface area contributed by atoms with E-state index in [2.05, 4.69) is 0 Å². The molecule has 0 aliphatic heterocycles. The molecule has 0 aromatic carbocycles. The van der Waals surface area contributed by atoms with Gasteiger partial charge in [-0.3, -0.25) is 4.79 Å². The molecule has 16 heavy (non-hydrogen) atoms. The van der Waals surface area contributed by atoms with E-state index in [0.29, 0.717) is 0 Å². The van der Waals surface area contributed by atoms with Crippen molar-refractivity contribution in [2.75, 3.05) is 13.7 Å². The summed E-state index contributed by atoms with van der Waals surface area (Å²) in [5.74, 6) is -0.536. The molecule has 0 heterocycles. The highest BCUT2D eigenvalue weighted by Crippen LogP contribution is 2.23. The molecule has 0 aromatic rings. The highest BCUT2D eigenvalue weighted by Gasteiger charge is 2.29. The van der Waals surface area contributed by atoms with Crippen molar-refractivity contribution in [1.29, 1.82) is 0 Å². The van der Waals surface area contributed by atoms with Gasteiger partial charge >= 0.3 is 0 Å². The SMILES string of the molecule is COC1CCCC(OCC(C)(N)C(N)=O)C1. The molecule has 0 aromatic heterocycles. The molecule has 1 rings (SSSR count). The number of ether oxygens (including phenoxy) is 2. The summed E-state index contributed by atoms with van der Waals surface area (Å²) in [5.41, 5.74) is 9.80. The van der Waals surface area contributed by atoms with E-state index in [0.717, 1.165) is 25.7 Å². The normalized spacial score (nSPS) is 29.7. The fraction of sp³-hybridized carbons (Fsp3) is 0.909. The van der Waals surface area contributed by atoms with Crippen LogP contribution in [0.25, 0.3) is 0 Å². The molecule has 5 heteroatoms. The van der Waals surface area contributed by atoms with Gasteiger partial charge in [0.05, 0.1) is 18.8 Å². The first kappa shape index (κ1) is 13.4. The van der Waals surface area contributed by atoms with Crippen LogP contribution in [0.4, 0.5) is 0 Å². The number of rotatable bonds is 5. The first-order valence-corrected chi connectivity index (χ1v) is 5.69. The molecular weight excluding hydrogens is 208 g/mol. The van der Waals surface area contributed by atoms with Crippen LogP contribution in [0.15, 0.2) is 0 Å². The van der Waals surface area contributed by atoms with E-state index in [1.54, 1.807) is 14.0 Å². The second-order valence-electron chi connectivity index (χ2n) is 4.74. The van der Waals surface area contributed by atoms with Crippen molar-refractivity contribution >= 4 is 5.91 Å². The number of hydrogen-bond acceptors (Lipinski definition) is 4. The average molecular weight is 230 g/mol. The molecule has 94 valence electrons. The zero-order valence-electron chi connectivity index (χ0n) is 10.1. The quantitative estimate of drug-likeness (QED) is 0.704. The minimum Gasteiger partial charge on any atom is -0.381 e. The van der Waals surface area contributed by atoms with Gasteiger partial charge in [-0.05, 0) is 32.6 Å². The Balaban J connectivity index is 2.35. The van der Waals surface area contributed by atoms with Crippen molar-refractivity contribution in [2.24, 2.45) is 11.5 Å². The third-order valence-electron chi connectivity index (χ3n) is 3.09. The number of primary amides is 1. The maximum Gasteiger partial charge on any atom is 0.239 e. The van der Waals surface area contributed by atoms with E-state index in [4.69, 9.17) is 20.9 Å². The van der Waals surface area contributed by atoms with Gasteiger partial charge in [0.15, 0.2) is 0 Å². The standard InChI is InChI=1S/C11H22N2O3/c1-11(13,10(12)14)7-16-9-5-3-4-8(6-9)15-2/h8-9H,3-7,13H2,1-2H3,(H2,12,14). The van der Waals surface area contributed by atoms with Crippen LogP contribution in [0.1, 0.15) is 32.6 Å². The van der Waals surface area contributed by atoms with E-state index in [-0.39, 0.29) is 18.8 Å². The van der Waals surface area contributed by atoms with Gasteiger partial charge in [-0.1, -0.05) is 0 Å². The maximum absolute atomic E-state index is 11.0. The third kappa shape index (κ3) is 3.73. The smallest absolute Gasteiger partial charge is 0.239 e. The molecule has 0 spiro atoms. The lowest BCUT2D eigenvalue weighted by Gasteiger charge is -2.30. The topological polar surface area (TPSA) is 87.6 Å². The highest BCUT2D eigenvalue weighted by molar-refractivity contribution is 5.83. The van der Waals surface area contributed by atoms with Crippen LogP contribution in [0.2, 0.25) is 0 Å². The summed E-state index contributed by atoms with van der Waals surface area (Å²) in [6.45, 7) is 1.76. The summed E-state index contributed by atoms with van der Waals surface area (Å²) in [4.78, 5) is 11.0. The number of carbonyl (C=O) groups is 1. The Morgan fingerprint density at radius 1 is 1.44 bits per heavy atom. The van der Waals surface area contributed by atoms with Crippen molar-refractivity contribution < 1.29 is 14.3 Å². The third-order valence-corrected chi connectivity index (χ3v) is 3.09. The summed E-state index contributed by atoms with van der Waals surface area (Å²) in [5, 5.41) is 0. The Bertz CT molecular complexity index is 243. The largest absolute Gasteiger partial charge is 0.381 e. The summed E-state index contributed by atoms with van der Waals surface area (Å²) in [7, 11) is 1.71. The van der Waals surface area contributed by atoms with Crippen molar-refractivity contribution in [3.05, 3.63) is 0 Å². The first-order chi connectivity index (χ1) is 7.45. The Morgan fingerprint density at radius 2 is 2.06 bits per heavy atom. The van der Waals surface area contributed by atoms with Gasteiger partial charge in [0.1, 0.15) is 5.54 Å². The first-order valence-electron chi connectivity index (χ1n) is 5.69. The molecule has 1 fully saturated rings. The van der Waals surface area contributed by atoms with Crippen LogP contribution in [-0.2, 0) is 14.3 Å². The summed E-state index contributed by atoms with van der Waals surface area (Å²) < 4.78 is 10.9. The molecule has 1 aliphatic carbocycles. The number of methoxy groups -OCH3 is 1. The zero-order valence-corrected chi connectivity index (χ0v) is 10.1. The minimum atomic E-state index is -1.08. The van der Waals surface area contributed by atoms with Crippen molar-refractivity contribution in [2.45, 2.75) is 50.4 Å². The van der Waals surface area contributed by atoms with Crippen LogP contribution in [-0.4, -0.2) is 37.4 Å².